The van der Waals surface area contributed by atoms with Gasteiger partial charge in [-0.2, -0.15) is 0 Å². The average Bonchev–Trinajstić information content (AvgIpc) is 2.02. The third-order valence-corrected chi connectivity index (χ3v) is 2.28. The van der Waals surface area contributed by atoms with Crippen molar-refractivity contribution in [2.75, 3.05) is 20.6 Å². The monoisotopic (exact) mass is 170 g/mol. The van der Waals surface area contributed by atoms with E-state index in [9.17, 15) is 9.59 Å². The molecule has 1 atom stereocenters. The Hall–Kier alpha value is -1.06. The van der Waals surface area contributed by atoms with Crippen molar-refractivity contribution in [3.05, 3.63) is 0 Å². The summed E-state index contributed by atoms with van der Waals surface area (Å²) in [6, 6.07) is -0.253. The van der Waals surface area contributed by atoms with E-state index in [1.54, 1.807) is 14.1 Å². The van der Waals surface area contributed by atoms with Crippen molar-refractivity contribution in [3.63, 3.8) is 0 Å². The molecule has 0 spiro atoms. The summed E-state index contributed by atoms with van der Waals surface area (Å²) < 4.78 is 0. The first kappa shape index (κ1) is 9.03. The van der Waals surface area contributed by atoms with Crippen LogP contribution < -0.4 is 0 Å². The van der Waals surface area contributed by atoms with Crippen molar-refractivity contribution < 1.29 is 9.59 Å². The van der Waals surface area contributed by atoms with Crippen molar-refractivity contribution >= 4 is 11.8 Å². The summed E-state index contributed by atoms with van der Waals surface area (Å²) in [6.45, 7) is 2.12. The Morgan fingerprint density at radius 2 is 2.00 bits per heavy atom. The molecule has 0 unspecified atom stereocenters. The first-order chi connectivity index (χ1) is 5.57. The molecule has 1 saturated heterocycles. The third-order valence-electron chi connectivity index (χ3n) is 2.28. The molecule has 0 aromatic carbocycles. The second-order valence-corrected chi connectivity index (χ2v) is 3.12. The molecule has 0 aliphatic carbocycles. The van der Waals surface area contributed by atoms with Crippen molar-refractivity contribution in [1.29, 1.82) is 0 Å². The largest absolute Gasteiger partial charge is 0.335 e. The maximum Gasteiger partial charge on any atom is 0.245 e. The average molecular weight is 170 g/mol. The summed E-state index contributed by atoms with van der Waals surface area (Å²) in [5, 5.41) is 0. The van der Waals surface area contributed by atoms with Gasteiger partial charge in [-0.3, -0.25) is 9.59 Å². The minimum absolute atomic E-state index is 0.0175. The van der Waals surface area contributed by atoms with Crippen LogP contribution >= 0.6 is 0 Å². The van der Waals surface area contributed by atoms with Gasteiger partial charge in [-0.15, -0.1) is 0 Å². The number of piperazine rings is 1. The third kappa shape index (κ3) is 1.29. The number of carbonyl (C=O) groups excluding carboxylic acids is 2. The van der Waals surface area contributed by atoms with Crippen LogP contribution in [-0.4, -0.2) is 48.3 Å². The first-order valence-electron chi connectivity index (χ1n) is 4.08. The molecule has 4 heteroatoms. The van der Waals surface area contributed by atoms with E-state index in [-0.39, 0.29) is 24.4 Å². The van der Waals surface area contributed by atoms with Gasteiger partial charge >= 0.3 is 0 Å². The topological polar surface area (TPSA) is 40.6 Å². The van der Waals surface area contributed by atoms with Crippen LogP contribution in [0.2, 0.25) is 0 Å². The Morgan fingerprint density at radius 1 is 1.42 bits per heavy atom. The maximum absolute atomic E-state index is 11.4. The van der Waals surface area contributed by atoms with E-state index in [1.807, 2.05) is 6.92 Å². The number of rotatable bonds is 1. The lowest BCUT2D eigenvalue weighted by atomic mass is 10.1. The zero-order valence-electron chi connectivity index (χ0n) is 7.70. The van der Waals surface area contributed by atoms with E-state index in [0.29, 0.717) is 6.42 Å². The van der Waals surface area contributed by atoms with E-state index in [1.165, 1.54) is 9.80 Å². The van der Waals surface area contributed by atoms with Crippen LogP contribution in [-0.2, 0) is 9.59 Å². The molecule has 1 heterocycles. The van der Waals surface area contributed by atoms with Gasteiger partial charge in [0, 0.05) is 14.1 Å². The Labute approximate surface area is 72.1 Å². The van der Waals surface area contributed by atoms with Gasteiger partial charge in [0.15, 0.2) is 0 Å². The molecule has 0 saturated carbocycles. The van der Waals surface area contributed by atoms with Gasteiger partial charge in [-0.05, 0) is 6.42 Å². The lowest BCUT2D eigenvalue weighted by molar-refractivity contribution is -0.153. The smallest absolute Gasteiger partial charge is 0.245 e. The Morgan fingerprint density at radius 3 is 2.50 bits per heavy atom. The lowest BCUT2D eigenvalue weighted by Crippen LogP contribution is -2.56. The van der Waals surface area contributed by atoms with Crippen LogP contribution in [0.5, 0.6) is 0 Å². The molecular weight excluding hydrogens is 156 g/mol. The SMILES string of the molecule is CC[C@H]1C(=O)N(C)CC(=O)N1C. The van der Waals surface area contributed by atoms with E-state index in [4.69, 9.17) is 0 Å². The van der Waals surface area contributed by atoms with E-state index < -0.39 is 0 Å². The summed E-state index contributed by atoms with van der Waals surface area (Å²) in [6.07, 6.45) is 0.686. The highest BCUT2D eigenvalue weighted by atomic mass is 16.2. The molecule has 0 N–H and O–H groups in total. The van der Waals surface area contributed by atoms with E-state index in [2.05, 4.69) is 0 Å². The van der Waals surface area contributed by atoms with Crippen LogP contribution in [0.3, 0.4) is 0 Å². The molecule has 1 aliphatic rings. The number of carbonyl (C=O) groups is 2. The normalized spacial score (nSPS) is 25.1. The highest BCUT2D eigenvalue weighted by Crippen LogP contribution is 2.11. The molecule has 4 nitrogen and oxygen atoms in total. The molecule has 12 heavy (non-hydrogen) atoms. The molecule has 2 amide bonds. The second-order valence-electron chi connectivity index (χ2n) is 3.12. The minimum Gasteiger partial charge on any atom is -0.335 e. The van der Waals surface area contributed by atoms with Crippen molar-refractivity contribution in [2.45, 2.75) is 19.4 Å². The number of hydrogen-bond acceptors (Lipinski definition) is 2. The first-order valence-corrected chi connectivity index (χ1v) is 4.08. The number of likely N-dealkylation sites (N-methyl/N-ethyl adjacent to an activating group) is 2. The zero-order valence-corrected chi connectivity index (χ0v) is 7.70. The summed E-state index contributed by atoms with van der Waals surface area (Å²) >= 11 is 0. The number of hydrogen-bond donors (Lipinski definition) is 0. The van der Waals surface area contributed by atoms with E-state index >= 15 is 0 Å². The van der Waals surface area contributed by atoms with Crippen LogP contribution in [0, 0.1) is 0 Å². The van der Waals surface area contributed by atoms with Crippen molar-refractivity contribution in [1.82, 2.24) is 9.80 Å². The standard InChI is InChI=1S/C8H14N2O2/c1-4-6-8(12)9(2)5-7(11)10(6)3/h6H,4-5H2,1-3H3/t6-/m0/s1. The molecule has 0 aromatic heterocycles. The molecule has 1 rings (SSSR count). The summed E-state index contributed by atoms with van der Waals surface area (Å²) in [5.74, 6) is 0.0588. The minimum atomic E-state index is -0.253. The molecular formula is C8H14N2O2. The van der Waals surface area contributed by atoms with Gasteiger partial charge < -0.3 is 9.80 Å². The van der Waals surface area contributed by atoms with Crippen molar-refractivity contribution in [2.24, 2.45) is 0 Å². The Balaban J connectivity index is 2.81. The van der Waals surface area contributed by atoms with E-state index in [0.717, 1.165) is 0 Å². The highest BCUT2D eigenvalue weighted by Gasteiger charge is 2.33. The molecule has 1 fully saturated rings. The maximum atomic E-state index is 11.4. The van der Waals surface area contributed by atoms with Gasteiger partial charge in [-0.1, -0.05) is 6.92 Å². The van der Waals surface area contributed by atoms with Crippen LogP contribution in [0.15, 0.2) is 0 Å². The fourth-order valence-electron chi connectivity index (χ4n) is 1.43. The summed E-state index contributed by atoms with van der Waals surface area (Å²) in [7, 11) is 3.34. The molecule has 0 radical (unpaired) electrons. The van der Waals surface area contributed by atoms with Gasteiger partial charge in [0.05, 0.1) is 6.54 Å². The molecule has 1 aliphatic heterocycles. The Kier molecular flexibility index (Phi) is 2.35. The van der Waals surface area contributed by atoms with Gasteiger partial charge in [0.2, 0.25) is 11.8 Å². The zero-order chi connectivity index (χ0) is 9.30. The van der Waals surface area contributed by atoms with Crippen LogP contribution in [0.25, 0.3) is 0 Å². The molecule has 0 bridgehead atoms. The molecule has 68 valence electrons. The molecule has 0 aromatic rings. The number of nitrogens with zero attached hydrogens (tertiary/aromatic N) is 2. The Bertz CT molecular complexity index is 215. The van der Waals surface area contributed by atoms with Gasteiger partial charge in [-0.25, -0.2) is 0 Å². The highest BCUT2D eigenvalue weighted by molar-refractivity contribution is 5.94. The van der Waals surface area contributed by atoms with Gasteiger partial charge in [0.25, 0.3) is 0 Å². The predicted octanol–water partition coefficient (Wildman–Crippen LogP) is -0.305. The fourth-order valence-corrected chi connectivity index (χ4v) is 1.43. The lowest BCUT2D eigenvalue weighted by Gasteiger charge is -2.35. The predicted molar refractivity (Wildman–Crippen MR) is 44.5 cm³/mol. The fraction of sp³-hybridized carbons (Fsp3) is 0.750. The summed E-state index contributed by atoms with van der Waals surface area (Å²) in [4.78, 5) is 25.7. The second kappa shape index (κ2) is 3.13. The quantitative estimate of drug-likeness (QED) is 0.542. The van der Waals surface area contributed by atoms with Crippen LogP contribution in [0.1, 0.15) is 13.3 Å². The number of amides is 2. The summed E-state index contributed by atoms with van der Waals surface area (Å²) in [5.41, 5.74) is 0. The van der Waals surface area contributed by atoms with Crippen LogP contribution in [0.4, 0.5) is 0 Å². The van der Waals surface area contributed by atoms with Crippen molar-refractivity contribution in [3.8, 4) is 0 Å². The van der Waals surface area contributed by atoms with Gasteiger partial charge in [0.1, 0.15) is 6.04 Å².